The van der Waals surface area contributed by atoms with Crippen LogP contribution in [0.25, 0.3) is 0 Å². The normalized spacial score (nSPS) is 33.7. The Bertz CT molecular complexity index is 258. The van der Waals surface area contributed by atoms with Gasteiger partial charge in [0.15, 0.2) is 0 Å². The van der Waals surface area contributed by atoms with Crippen molar-refractivity contribution in [2.24, 2.45) is 22.7 Å². The van der Waals surface area contributed by atoms with Crippen LogP contribution in [0.15, 0.2) is 0 Å². The van der Waals surface area contributed by atoms with Crippen LogP contribution in [0.1, 0.15) is 40.5 Å². The average Bonchev–Trinajstić information content (AvgIpc) is 2.58. The first kappa shape index (κ1) is 11.1. The molecule has 15 heavy (non-hydrogen) atoms. The fourth-order valence-electron chi connectivity index (χ4n) is 3.11. The van der Waals surface area contributed by atoms with Crippen LogP contribution in [-0.4, -0.2) is 19.0 Å². The lowest BCUT2D eigenvalue weighted by Gasteiger charge is -2.21. The van der Waals surface area contributed by atoms with Gasteiger partial charge < -0.3 is 4.74 Å². The molecule has 2 rings (SSSR count). The maximum absolute atomic E-state index is 12.3. The summed E-state index contributed by atoms with van der Waals surface area (Å²) in [6.07, 6.45) is 2.07. The molecular formula is C13H22O2. The molecule has 1 aliphatic carbocycles. The van der Waals surface area contributed by atoms with Gasteiger partial charge in [0.25, 0.3) is 0 Å². The Labute approximate surface area is 92.4 Å². The summed E-state index contributed by atoms with van der Waals surface area (Å²) in [5.74, 6) is 0.867. The van der Waals surface area contributed by atoms with Gasteiger partial charge in [-0.1, -0.05) is 27.7 Å². The first-order valence-corrected chi connectivity index (χ1v) is 6.00. The van der Waals surface area contributed by atoms with Crippen LogP contribution in [-0.2, 0) is 9.53 Å². The van der Waals surface area contributed by atoms with Gasteiger partial charge in [-0.05, 0) is 23.7 Å². The quantitative estimate of drug-likeness (QED) is 0.700. The highest BCUT2D eigenvalue weighted by Crippen LogP contribution is 2.69. The Hall–Kier alpha value is -0.370. The largest absolute Gasteiger partial charge is 0.381 e. The second-order valence-electron chi connectivity index (χ2n) is 6.19. The van der Waals surface area contributed by atoms with E-state index in [-0.39, 0.29) is 22.7 Å². The minimum atomic E-state index is 0.171. The molecule has 0 aromatic rings. The molecule has 0 aromatic heterocycles. The van der Waals surface area contributed by atoms with Crippen LogP contribution in [0.4, 0.5) is 0 Å². The molecule has 0 bridgehead atoms. The molecule has 86 valence electrons. The number of hydrogen-bond acceptors (Lipinski definition) is 2. The fraction of sp³-hybridized carbons (Fsp3) is 0.923. The van der Waals surface area contributed by atoms with Crippen LogP contribution in [0.3, 0.4) is 0 Å². The average molecular weight is 210 g/mol. The SMILES string of the molecule is CC1(C)C(C(=O)C2CCCOC2)C1(C)C. The van der Waals surface area contributed by atoms with Gasteiger partial charge >= 0.3 is 0 Å². The molecule has 2 aliphatic rings. The highest BCUT2D eigenvalue weighted by Gasteiger charge is 2.68. The molecule has 0 N–H and O–H groups in total. The van der Waals surface area contributed by atoms with E-state index in [4.69, 9.17) is 4.74 Å². The van der Waals surface area contributed by atoms with Crippen molar-refractivity contribution in [1.29, 1.82) is 0 Å². The van der Waals surface area contributed by atoms with E-state index in [1.165, 1.54) is 0 Å². The molecule has 2 nitrogen and oxygen atoms in total. The van der Waals surface area contributed by atoms with Crippen LogP contribution in [0, 0.1) is 22.7 Å². The highest BCUT2D eigenvalue weighted by molar-refractivity contribution is 5.88. The number of ketones is 1. The summed E-state index contributed by atoms with van der Waals surface area (Å²) in [6.45, 7) is 10.3. The molecule has 1 saturated heterocycles. The molecule has 1 unspecified atom stereocenters. The zero-order chi connectivity index (χ0) is 11.3. The predicted octanol–water partition coefficient (Wildman–Crippen LogP) is 2.66. The van der Waals surface area contributed by atoms with Crippen molar-refractivity contribution >= 4 is 5.78 Å². The lowest BCUT2D eigenvalue weighted by atomic mass is 9.91. The van der Waals surface area contributed by atoms with E-state index < -0.39 is 0 Å². The molecule has 0 aromatic carbocycles. The molecule has 0 amide bonds. The zero-order valence-electron chi connectivity index (χ0n) is 10.3. The van der Waals surface area contributed by atoms with E-state index in [2.05, 4.69) is 27.7 Å². The fourth-order valence-corrected chi connectivity index (χ4v) is 3.11. The summed E-state index contributed by atoms with van der Waals surface area (Å²) in [7, 11) is 0. The smallest absolute Gasteiger partial charge is 0.142 e. The minimum Gasteiger partial charge on any atom is -0.381 e. The number of hydrogen-bond donors (Lipinski definition) is 0. The molecule has 0 spiro atoms. The Morgan fingerprint density at radius 1 is 1.20 bits per heavy atom. The van der Waals surface area contributed by atoms with Gasteiger partial charge in [-0.15, -0.1) is 0 Å². The third-order valence-electron chi connectivity index (χ3n) is 4.87. The van der Waals surface area contributed by atoms with E-state index in [1.54, 1.807) is 0 Å². The lowest BCUT2D eigenvalue weighted by Crippen LogP contribution is -2.28. The summed E-state index contributed by atoms with van der Waals surface area (Å²) in [5.41, 5.74) is 0.364. The van der Waals surface area contributed by atoms with Crippen molar-refractivity contribution in [3.8, 4) is 0 Å². The molecule has 2 fully saturated rings. The Morgan fingerprint density at radius 3 is 2.20 bits per heavy atom. The van der Waals surface area contributed by atoms with Gasteiger partial charge in [0.1, 0.15) is 5.78 Å². The number of rotatable bonds is 2. The Balaban J connectivity index is 2.04. The molecular weight excluding hydrogens is 188 g/mol. The second-order valence-corrected chi connectivity index (χ2v) is 6.19. The first-order valence-electron chi connectivity index (χ1n) is 6.00. The monoisotopic (exact) mass is 210 g/mol. The molecule has 0 radical (unpaired) electrons. The van der Waals surface area contributed by atoms with Crippen LogP contribution in [0.2, 0.25) is 0 Å². The number of ether oxygens (including phenoxy) is 1. The van der Waals surface area contributed by atoms with Crippen molar-refractivity contribution in [2.75, 3.05) is 13.2 Å². The van der Waals surface area contributed by atoms with E-state index in [0.29, 0.717) is 12.4 Å². The minimum absolute atomic E-state index is 0.171. The van der Waals surface area contributed by atoms with Crippen molar-refractivity contribution < 1.29 is 9.53 Å². The Morgan fingerprint density at radius 2 is 1.80 bits per heavy atom. The summed E-state index contributed by atoms with van der Waals surface area (Å²) < 4.78 is 5.40. The first-order chi connectivity index (χ1) is 6.89. The topological polar surface area (TPSA) is 26.3 Å². The van der Waals surface area contributed by atoms with Crippen molar-refractivity contribution in [1.82, 2.24) is 0 Å². The maximum atomic E-state index is 12.3. The van der Waals surface area contributed by atoms with Gasteiger partial charge in [0, 0.05) is 18.4 Å². The van der Waals surface area contributed by atoms with Gasteiger partial charge in [-0.3, -0.25) is 4.79 Å². The Kier molecular flexibility index (Phi) is 2.45. The summed E-state index contributed by atoms with van der Waals surface area (Å²) in [4.78, 5) is 12.3. The van der Waals surface area contributed by atoms with Crippen LogP contribution < -0.4 is 0 Å². The van der Waals surface area contributed by atoms with Crippen molar-refractivity contribution in [2.45, 2.75) is 40.5 Å². The van der Waals surface area contributed by atoms with E-state index in [9.17, 15) is 4.79 Å². The maximum Gasteiger partial charge on any atom is 0.142 e. The zero-order valence-corrected chi connectivity index (χ0v) is 10.3. The van der Waals surface area contributed by atoms with Crippen LogP contribution in [0.5, 0.6) is 0 Å². The molecule has 1 aliphatic heterocycles. The number of carbonyl (C=O) groups is 1. The summed E-state index contributed by atoms with van der Waals surface area (Å²) >= 11 is 0. The second kappa shape index (κ2) is 3.31. The summed E-state index contributed by atoms with van der Waals surface area (Å²) in [6, 6.07) is 0. The van der Waals surface area contributed by atoms with E-state index in [0.717, 1.165) is 19.4 Å². The predicted molar refractivity (Wildman–Crippen MR) is 59.6 cm³/mol. The number of Topliss-reactive ketones (excluding diaryl/α,β-unsaturated/α-hetero) is 1. The van der Waals surface area contributed by atoms with Crippen LogP contribution >= 0.6 is 0 Å². The lowest BCUT2D eigenvalue weighted by molar-refractivity contribution is -0.129. The van der Waals surface area contributed by atoms with Crippen molar-refractivity contribution in [3.63, 3.8) is 0 Å². The van der Waals surface area contributed by atoms with Crippen molar-refractivity contribution in [3.05, 3.63) is 0 Å². The standard InChI is InChI=1S/C13H22O2/c1-12(2)11(13(12,3)4)10(14)9-6-5-7-15-8-9/h9,11H,5-8H2,1-4H3. The third-order valence-corrected chi connectivity index (χ3v) is 4.87. The highest BCUT2D eigenvalue weighted by atomic mass is 16.5. The van der Waals surface area contributed by atoms with Gasteiger partial charge in [-0.25, -0.2) is 0 Å². The molecule has 1 atom stereocenters. The van der Waals surface area contributed by atoms with Gasteiger partial charge in [-0.2, -0.15) is 0 Å². The van der Waals surface area contributed by atoms with Gasteiger partial charge in [0.2, 0.25) is 0 Å². The van der Waals surface area contributed by atoms with E-state index in [1.807, 2.05) is 0 Å². The molecule has 1 heterocycles. The van der Waals surface area contributed by atoms with Gasteiger partial charge in [0.05, 0.1) is 6.61 Å². The number of carbonyl (C=O) groups excluding carboxylic acids is 1. The summed E-state index contributed by atoms with van der Waals surface area (Å²) in [5, 5.41) is 0. The third kappa shape index (κ3) is 1.54. The molecule has 2 heteroatoms. The van der Waals surface area contributed by atoms with E-state index >= 15 is 0 Å². The molecule has 1 saturated carbocycles.